The standard InChI is InChI=1S/C26H23FN2O5/c1-4-28(17-7-5-6-16(27)10-17)26(32)23-15-29(18-11-20(33-2)14-21(12-18)34-3)24-13-19(30)8-9-22(24)25(23)31/h5-15,30H,4H2,1-3H3. The first-order valence-corrected chi connectivity index (χ1v) is 10.6. The van der Waals surface area contributed by atoms with Crippen LogP contribution in [0.3, 0.4) is 0 Å². The molecule has 1 heterocycles. The van der Waals surface area contributed by atoms with Crippen LogP contribution in [-0.2, 0) is 0 Å². The van der Waals surface area contributed by atoms with E-state index in [1.165, 1.54) is 61.7 Å². The summed E-state index contributed by atoms with van der Waals surface area (Å²) in [6, 6.07) is 15.1. The van der Waals surface area contributed by atoms with E-state index in [0.717, 1.165) is 0 Å². The van der Waals surface area contributed by atoms with Gasteiger partial charge in [-0.2, -0.15) is 0 Å². The topological polar surface area (TPSA) is 81.0 Å². The van der Waals surface area contributed by atoms with E-state index in [1.54, 1.807) is 35.8 Å². The van der Waals surface area contributed by atoms with Crippen molar-refractivity contribution in [3.05, 3.63) is 88.5 Å². The van der Waals surface area contributed by atoms with Crippen molar-refractivity contribution in [2.45, 2.75) is 6.92 Å². The van der Waals surface area contributed by atoms with E-state index in [9.17, 15) is 19.1 Å². The molecule has 0 bridgehead atoms. The maximum absolute atomic E-state index is 13.8. The van der Waals surface area contributed by atoms with E-state index in [1.807, 2.05) is 0 Å². The molecule has 0 spiro atoms. The molecular weight excluding hydrogens is 439 g/mol. The first kappa shape index (κ1) is 22.8. The number of anilines is 1. The summed E-state index contributed by atoms with van der Waals surface area (Å²) in [6.45, 7) is 1.97. The lowest BCUT2D eigenvalue weighted by Crippen LogP contribution is -2.34. The number of rotatable bonds is 6. The van der Waals surface area contributed by atoms with Gasteiger partial charge in [-0.15, -0.1) is 0 Å². The highest BCUT2D eigenvalue weighted by atomic mass is 19.1. The van der Waals surface area contributed by atoms with Gasteiger partial charge < -0.3 is 24.0 Å². The van der Waals surface area contributed by atoms with E-state index < -0.39 is 17.2 Å². The van der Waals surface area contributed by atoms with Crippen LogP contribution in [0, 0.1) is 5.82 Å². The summed E-state index contributed by atoms with van der Waals surface area (Å²) < 4.78 is 26.2. The molecule has 7 nitrogen and oxygen atoms in total. The van der Waals surface area contributed by atoms with Crippen molar-refractivity contribution in [3.63, 3.8) is 0 Å². The Kier molecular flexibility index (Phi) is 6.23. The number of amides is 1. The number of benzene rings is 3. The molecule has 0 aliphatic rings. The molecule has 0 radical (unpaired) electrons. The maximum atomic E-state index is 13.8. The normalized spacial score (nSPS) is 10.8. The van der Waals surface area contributed by atoms with Gasteiger partial charge in [-0.3, -0.25) is 9.59 Å². The third-order valence-corrected chi connectivity index (χ3v) is 5.51. The Morgan fingerprint density at radius 1 is 1.03 bits per heavy atom. The molecule has 1 N–H and O–H groups in total. The molecule has 34 heavy (non-hydrogen) atoms. The summed E-state index contributed by atoms with van der Waals surface area (Å²) in [7, 11) is 3.03. The SMILES string of the molecule is CCN(C(=O)c1cn(-c2cc(OC)cc(OC)c2)c2cc(O)ccc2c1=O)c1cccc(F)c1. The van der Waals surface area contributed by atoms with Crippen LogP contribution in [0.2, 0.25) is 0 Å². The average Bonchev–Trinajstić information content (AvgIpc) is 2.84. The van der Waals surface area contributed by atoms with Crippen LogP contribution >= 0.6 is 0 Å². The zero-order valence-electron chi connectivity index (χ0n) is 18.9. The van der Waals surface area contributed by atoms with Crippen molar-refractivity contribution >= 4 is 22.5 Å². The zero-order chi connectivity index (χ0) is 24.4. The molecular formula is C26H23FN2O5. The highest BCUT2D eigenvalue weighted by Gasteiger charge is 2.23. The number of nitrogens with zero attached hydrogens (tertiary/aromatic N) is 2. The Bertz CT molecular complexity index is 1430. The smallest absolute Gasteiger partial charge is 0.263 e. The number of fused-ring (bicyclic) bond motifs is 1. The largest absolute Gasteiger partial charge is 0.508 e. The molecule has 174 valence electrons. The van der Waals surface area contributed by atoms with Crippen molar-refractivity contribution < 1.29 is 23.8 Å². The number of hydrogen-bond donors (Lipinski definition) is 1. The highest BCUT2D eigenvalue weighted by molar-refractivity contribution is 6.07. The Morgan fingerprint density at radius 2 is 1.74 bits per heavy atom. The van der Waals surface area contributed by atoms with Crippen molar-refractivity contribution in [1.29, 1.82) is 0 Å². The first-order valence-electron chi connectivity index (χ1n) is 10.6. The fraction of sp³-hybridized carbons (Fsp3) is 0.154. The van der Waals surface area contributed by atoms with Gasteiger partial charge in [0.15, 0.2) is 0 Å². The molecule has 1 amide bonds. The Balaban J connectivity index is 1.98. The number of carbonyl (C=O) groups excluding carboxylic acids is 1. The molecule has 0 aliphatic heterocycles. The van der Waals surface area contributed by atoms with Gasteiger partial charge in [0, 0.05) is 48.1 Å². The molecule has 3 aromatic carbocycles. The monoisotopic (exact) mass is 462 g/mol. The number of aromatic hydroxyl groups is 1. The Morgan fingerprint density at radius 3 is 2.35 bits per heavy atom. The van der Waals surface area contributed by atoms with Crippen molar-refractivity contribution in [3.8, 4) is 22.9 Å². The molecule has 0 unspecified atom stereocenters. The first-order chi connectivity index (χ1) is 16.4. The minimum Gasteiger partial charge on any atom is -0.508 e. The number of pyridine rings is 1. The summed E-state index contributed by atoms with van der Waals surface area (Å²) in [5.74, 6) is -0.0896. The van der Waals surface area contributed by atoms with Crippen LogP contribution < -0.4 is 19.8 Å². The highest BCUT2D eigenvalue weighted by Crippen LogP contribution is 2.29. The summed E-state index contributed by atoms with van der Waals surface area (Å²) >= 11 is 0. The summed E-state index contributed by atoms with van der Waals surface area (Å²) in [4.78, 5) is 28.2. The molecule has 0 saturated heterocycles. The van der Waals surface area contributed by atoms with E-state index in [4.69, 9.17) is 9.47 Å². The fourth-order valence-corrected chi connectivity index (χ4v) is 3.84. The van der Waals surface area contributed by atoms with Crippen LogP contribution in [0.15, 0.2) is 71.7 Å². The van der Waals surface area contributed by atoms with Crippen LogP contribution in [0.1, 0.15) is 17.3 Å². The quantitative estimate of drug-likeness (QED) is 0.456. The number of phenols is 1. The lowest BCUT2D eigenvalue weighted by molar-refractivity contribution is 0.0987. The molecule has 0 fully saturated rings. The van der Waals surface area contributed by atoms with E-state index in [2.05, 4.69) is 0 Å². The van der Waals surface area contributed by atoms with Gasteiger partial charge in [0.1, 0.15) is 28.6 Å². The molecule has 4 rings (SSSR count). The number of aromatic nitrogens is 1. The summed E-state index contributed by atoms with van der Waals surface area (Å²) in [5.41, 5.74) is 0.680. The van der Waals surface area contributed by atoms with Gasteiger partial charge in [0.05, 0.1) is 25.4 Å². The minimum atomic E-state index is -0.573. The van der Waals surface area contributed by atoms with Gasteiger partial charge in [-0.1, -0.05) is 6.07 Å². The lowest BCUT2D eigenvalue weighted by atomic mass is 10.1. The number of carbonyl (C=O) groups is 1. The molecule has 0 aliphatic carbocycles. The minimum absolute atomic E-state index is 0.0375. The molecule has 1 aromatic heterocycles. The summed E-state index contributed by atoms with van der Waals surface area (Å²) in [6.07, 6.45) is 1.42. The second-order valence-electron chi connectivity index (χ2n) is 7.54. The third kappa shape index (κ3) is 4.17. The van der Waals surface area contributed by atoms with Crippen molar-refractivity contribution in [2.75, 3.05) is 25.7 Å². The van der Waals surface area contributed by atoms with Crippen LogP contribution in [0.4, 0.5) is 10.1 Å². The van der Waals surface area contributed by atoms with E-state index >= 15 is 0 Å². The average molecular weight is 462 g/mol. The fourth-order valence-electron chi connectivity index (χ4n) is 3.84. The number of ether oxygens (including phenoxy) is 2. The van der Waals surface area contributed by atoms with Crippen LogP contribution in [0.5, 0.6) is 17.2 Å². The van der Waals surface area contributed by atoms with Gasteiger partial charge in [0.25, 0.3) is 5.91 Å². The molecule has 4 aromatic rings. The second kappa shape index (κ2) is 9.27. The molecule has 0 atom stereocenters. The van der Waals surface area contributed by atoms with Crippen LogP contribution in [-0.4, -0.2) is 36.3 Å². The van der Waals surface area contributed by atoms with Gasteiger partial charge >= 0.3 is 0 Å². The Labute approximate surface area is 195 Å². The van der Waals surface area contributed by atoms with Gasteiger partial charge in [0.2, 0.25) is 5.43 Å². The van der Waals surface area contributed by atoms with Gasteiger partial charge in [-0.25, -0.2) is 4.39 Å². The van der Waals surface area contributed by atoms with Crippen molar-refractivity contribution in [2.24, 2.45) is 0 Å². The number of hydrogen-bond acceptors (Lipinski definition) is 5. The van der Waals surface area contributed by atoms with Gasteiger partial charge in [-0.05, 0) is 37.3 Å². The van der Waals surface area contributed by atoms with Crippen molar-refractivity contribution in [1.82, 2.24) is 4.57 Å². The predicted octanol–water partition coefficient (Wildman–Crippen LogP) is 4.52. The third-order valence-electron chi connectivity index (χ3n) is 5.51. The molecule has 0 saturated carbocycles. The molecule has 8 heteroatoms. The van der Waals surface area contributed by atoms with E-state index in [0.29, 0.717) is 28.4 Å². The number of phenolic OH excluding ortho intramolecular Hbond substituents is 1. The maximum Gasteiger partial charge on any atom is 0.263 e. The Hall–Kier alpha value is -4.33. The van der Waals surface area contributed by atoms with Crippen LogP contribution in [0.25, 0.3) is 16.6 Å². The summed E-state index contributed by atoms with van der Waals surface area (Å²) in [5, 5.41) is 10.3. The zero-order valence-corrected chi connectivity index (χ0v) is 18.9. The second-order valence-corrected chi connectivity index (χ2v) is 7.54. The lowest BCUT2D eigenvalue weighted by Gasteiger charge is -2.22. The predicted molar refractivity (Wildman–Crippen MR) is 128 cm³/mol. The number of methoxy groups -OCH3 is 2. The van der Waals surface area contributed by atoms with E-state index in [-0.39, 0.29) is 23.2 Å². The number of halogens is 1.